The first-order chi connectivity index (χ1) is 10.6. The molecular formula is C16H21NO5. The van der Waals surface area contributed by atoms with Gasteiger partial charge < -0.3 is 9.47 Å². The highest BCUT2D eigenvalue weighted by Crippen LogP contribution is 2.31. The van der Waals surface area contributed by atoms with E-state index in [9.17, 15) is 14.9 Å². The van der Waals surface area contributed by atoms with Gasteiger partial charge in [-0.25, -0.2) is 0 Å². The van der Waals surface area contributed by atoms with Crippen LogP contribution in [0.5, 0.6) is 0 Å². The SMILES string of the molecule is CCOC(=O)C(CC1CCOCC1)c1ccc([N+](=O)[O-])cc1. The first kappa shape index (κ1) is 16.4. The van der Waals surface area contributed by atoms with Crippen LogP contribution in [0.3, 0.4) is 0 Å². The lowest BCUT2D eigenvalue weighted by Crippen LogP contribution is -2.23. The fraction of sp³-hybridized carbons (Fsp3) is 0.562. The second-order valence-corrected chi connectivity index (χ2v) is 5.44. The van der Waals surface area contributed by atoms with E-state index in [2.05, 4.69) is 0 Å². The molecule has 1 heterocycles. The summed E-state index contributed by atoms with van der Waals surface area (Å²) in [5.74, 6) is -0.218. The molecule has 2 rings (SSSR count). The number of nitro benzene ring substituents is 1. The van der Waals surface area contributed by atoms with Gasteiger partial charge in [0.1, 0.15) is 0 Å². The van der Waals surface area contributed by atoms with E-state index in [1.807, 2.05) is 0 Å². The van der Waals surface area contributed by atoms with Crippen molar-refractivity contribution in [3.05, 3.63) is 39.9 Å². The number of ether oxygens (including phenoxy) is 2. The van der Waals surface area contributed by atoms with Gasteiger partial charge in [0.15, 0.2) is 0 Å². The minimum atomic E-state index is -0.443. The zero-order chi connectivity index (χ0) is 15.9. The van der Waals surface area contributed by atoms with E-state index in [4.69, 9.17) is 9.47 Å². The molecule has 0 saturated carbocycles. The van der Waals surface area contributed by atoms with Crippen LogP contribution in [0.1, 0.15) is 37.7 Å². The molecule has 120 valence electrons. The Hall–Kier alpha value is -1.95. The average Bonchev–Trinajstić information content (AvgIpc) is 2.54. The number of rotatable bonds is 6. The monoisotopic (exact) mass is 307 g/mol. The largest absolute Gasteiger partial charge is 0.466 e. The molecule has 0 radical (unpaired) electrons. The van der Waals surface area contributed by atoms with Gasteiger partial charge in [-0.1, -0.05) is 12.1 Å². The predicted octanol–water partition coefficient (Wildman–Crippen LogP) is 3.06. The molecule has 0 aliphatic carbocycles. The Morgan fingerprint density at radius 1 is 1.36 bits per heavy atom. The van der Waals surface area contributed by atoms with E-state index in [-0.39, 0.29) is 17.6 Å². The Labute approximate surface area is 129 Å². The highest BCUT2D eigenvalue weighted by atomic mass is 16.6. The van der Waals surface area contributed by atoms with Crippen molar-refractivity contribution in [1.29, 1.82) is 0 Å². The van der Waals surface area contributed by atoms with Crippen molar-refractivity contribution in [2.45, 2.75) is 32.1 Å². The quantitative estimate of drug-likeness (QED) is 0.458. The number of nitro groups is 1. The molecule has 1 fully saturated rings. The molecule has 1 aliphatic heterocycles. The molecule has 0 aromatic heterocycles. The van der Waals surface area contributed by atoms with Gasteiger partial charge in [0.2, 0.25) is 0 Å². The van der Waals surface area contributed by atoms with Gasteiger partial charge in [0.05, 0.1) is 17.4 Å². The summed E-state index contributed by atoms with van der Waals surface area (Å²) in [5.41, 5.74) is 0.799. The van der Waals surface area contributed by atoms with Crippen LogP contribution in [0.15, 0.2) is 24.3 Å². The maximum atomic E-state index is 12.2. The third-order valence-corrected chi connectivity index (χ3v) is 3.99. The summed E-state index contributed by atoms with van der Waals surface area (Å²) in [6.07, 6.45) is 2.56. The van der Waals surface area contributed by atoms with Gasteiger partial charge >= 0.3 is 5.97 Å². The van der Waals surface area contributed by atoms with Crippen molar-refractivity contribution < 1.29 is 19.2 Å². The van der Waals surface area contributed by atoms with Gasteiger partial charge in [-0.15, -0.1) is 0 Å². The molecule has 0 N–H and O–H groups in total. The van der Waals surface area contributed by atoms with Crippen LogP contribution in [0.4, 0.5) is 5.69 Å². The lowest BCUT2D eigenvalue weighted by Gasteiger charge is -2.26. The summed E-state index contributed by atoms with van der Waals surface area (Å²) in [5, 5.41) is 10.7. The zero-order valence-electron chi connectivity index (χ0n) is 12.7. The maximum Gasteiger partial charge on any atom is 0.313 e. The average molecular weight is 307 g/mol. The standard InChI is InChI=1S/C16H21NO5/c1-2-22-16(18)15(11-12-7-9-21-10-8-12)13-3-5-14(6-4-13)17(19)20/h3-6,12,15H,2,7-11H2,1H3. The van der Waals surface area contributed by atoms with E-state index in [1.165, 1.54) is 12.1 Å². The van der Waals surface area contributed by atoms with Gasteiger partial charge in [-0.2, -0.15) is 0 Å². The van der Waals surface area contributed by atoms with Crippen LogP contribution in [-0.4, -0.2) is 30.7 Å². The van der Waals surface area contributed by atoms with Gasteiger partial charge in [-0.3, -0.25) is 14.9 Å². The van der Waals surface area contributed by atoms with Crippen molar-refractivity contribution in [3.63, 3.8) is 0 Å². The minimum absolute atomic E-state index is 0.0254. The summed E-state index contributed by atoms with van der Waals surface area (Å²) in [6, 6.07) is 6.18. The molecule has 0 amide bonds. The van der Waals surface area contributed by atoms with Crippen molar-refractivity contribution in [2.24, 2.45) is 5.92 Å². The molecule has 1 saturated heterocycles. The topological polar surface area (TPSA) is 78.7 Å². The van der Waals surface area contributed by atoms with Crippen molar-refractivity contribution >= 4 is 11.7 Å². The van der Waals surface area contributed by atoms with Crippen molar-refractivity contribution in [1.82, 2.24) is 0 Å². The van der Waals surface area contributed by atoms with Crippen LogP contribution < -0.4 is 0 Å². The summed E-state index contributed by atoms with van der Waals surface area (Å²) in [7, 11) is 0. The Balaban J connectivity index is 2.15. The van der Waals surface area contributed by atoms with E-state index >= 15 is 0 Å². The fourth-order valence-corrected chi connectivity index (χ4v) is 2.76. The molecule has 1 unspecified atom stereocenters. The van der Waals surface area contributed by atoms with Crippen LogP contribution in [0.25, 0.3) is 0 Å². The van der Waals surface area contributed by atoms with Gasteiger partial charge in [-0.05, 0) is 37.7 Å². The zero-order valence-corrected chi connectivity index (χ0v) is 12.7. The highest BCUT2D eigenvalue weighted by molar-refractivity contribution is 5.78. The Bertz CT molecular complexity index is 508. The normalized spacial score (nSPS) is 17.0. The third-order valence-electron chi connectivity index (χ3n) is 3.99. The first-order valence-corrected chi connectivity index (χ1v) is 7.60. The van der Waals surface area contributed by atoms with E-state index < -0.39 is 4.92 Å². The van der Waals surface area contributed by atoms with Crippen LogP contribution >= 0.6 is 0 Å². The smallest absolute Gasteiger partial charge is 0.313 e. The number of carbonyl (C=O) groups excluding carboxylic acids is 1. The van der Waals surface area contributed by atoms with Crippen LogP contribution in [-0.2, 0) is 14.3 Å². The molecule has 1 aromatic rings. The lowest BCUT2D eigenvalue weighted by molar-refractivity contribution is -0.384. The number of hydrogen-bond donors (Lipinski definition) is 0. The lowest BCUT2D eigenvalue weighted by atomic mass is 9.85. The molecule has 0 spiro atoms. The molecule has 0 bridgehead atoms. The third kappa shape index (κ3) is 4.27. The van der Waals surface area contributed by atoms with E-state index in [0.717, 1.165) is 31.6 Å². The second-order valence-electron chi connectivity index (χ2n) is 5.44. The highest BCUT2D eigenvalue weighted by Gasteiger charge is 2.27. The first-order valence-electron chi connectivity index (χ1n) is 7.60. The summed E-state index contributed by atoms with van der Waals surface area (Å²) in [6.45, 7) is 3.55. The molecule has 22 heavy (non-hydrogen) atoms. The predicted molar refractivity (Wildman–Crippen MR) is 80.6 cm³/mol. The molecule has 1 atom stereocenters. The Kier molecular flexibility index (Phi) is 5.89. The molecule has 6 nitrogen and oxygen atoms in total. The summed E-state index contributed by atoms with van der Waals surface area (Å²) < 4.78 is 10.5. The van der Waals surface area contributed by atoms with Crippen LogP contribution in [0.2, 0.25) is 0 Å². The number of esters is 1. The van der Waals surface area contributed by atoms with E-state index in [0.29, 0.717) is 18.9 Å². The van der Waals surface area contributed by atoms with Crippen molar-refractivity contribution in [2.75, 3.05) is 19.8 Å². The molecule has 1 aliphatic rings. The summed E-state index contributed by atoms with van der Waals surface area (Å²) in [4.78, 5) is 22.5. The number of carbonyl (C=O) groups is 1. The van der Waals surface area contributed by atoms with Crippen molar-refractivity contribution in [3.8, 4) is 0 Å². The fourth-order valence-electron chi connectivity index (χ4n) is 2.76. The number of hydrogen-bond acceptors (Lipinski definition) is 5. The Morgan fingerprint density at radius 3 is 2.55 bits per heavy atom. The second kappa shape index (κ2) is 7.89. The maximum absolute atomic E-state index is 12.2. The van der Waals surface area contributed by atoms with E-state index in [1.54, 1.807) is 19.1 Å². The molecule has 6 heteroatoms. The van der Waals surface area contributed by atoms with Gasteiger partial charge in [0.25, 0.3) is 5.69 Å². The van der Waals surface area contributed by atoms with Crippen LogP contribution in [0, 0.1) is 16.0 Å². The number of benzene rings is 1. The minimum Gasteiger partial charge on any atom is -0.466 e. The number of non-ortho nitro benzene ring substituents is 1. The molecule has 1 aromatic carbocycles. The molecular weight excluding hydrogens is 286 g/mol. The number of nitrogens with zero attached hydrogens (tertiary/aromatic N) is 1. The van der Waals surface area contributed by atoms with Gasteiger partial charge in [0, 0.05) is 25.3 Å². The summed E-state index contributed by atoms with van der Waals surface area (Å²) >= 11 is 0. The Morgan fingerprint density at radius 2 is 2.00 bits per heavy atom.